The molecule has 8 atom stereocenters. The van der Waals surface area contributed by atoms with E-state index in [0.717, 1.165) is 23.5 Å². The van der Waals surface area contributed by atoms with E-state index in [9.17, 15) is 15.0 Å². The van der Waals surface area contributed by atoms with E-state index in [1.54, 1.807) is 0 Å². The number of hydrogen-bond acceptors (Lipinski definition) is 4. The topological polar surface area (TPSA) is 76.0 Å². The third kappa shape index (κ3) is 2.06. The van der Waals surface area contributed by atoms with E-state index in [4.69, 9.17) is 9.47 Å². The minimum absolute atomic E-state index is 0.233. The number of rotatable bonds is 3. The fourth-order valence-electron chi connectivity index (χ4n) is 6.73. The van der Waals surface area contributed by atoms with E-state index >= 15 is 0 Å². The lowest BCUT2D eigenvalue weighted by atomic mass is 9.50. The van der Waals surface area contributed by atoms with Crippen molar-refractivity contribution in [3.63, 3.8) is 0 Å². The summed E-state index contributed by atoms with van der Waals surface area (Å²) in [7, 11) is 0. The van der Waals surface area contributed by atoms with Gasteiger partial charge in [0.2, 0.25) is 6.79 Å². The van der Waals surface area contributed by atoms with Gasteiger partial charge in [0.15, 0.2) is 11.5 Å². The second-order valence-electron chi connectivity index (χ2n) is 8.65. The van der Waals surface area contributed by atoms with Crippen LogP contribution in [0, 0.1) is 41.4 Å². The van der Waals surface area contributed by atoms with E-state index in [2.05, 4.69) is 12.2 Å². The number of hydrogen-bond donors (Lipinski definition) is 2. The highest BCUT2D eigenvalue weighted by Gasteiger charge is 2.63. The van der Waals surface area contributed by atoms with Gasteiger partial charge in [-0.25, -0.2) is 0 Å². The molecular formula is C22H22O5. The van der Waals surface area contributed by atoms with Crippen molar-refractivity contribution in [2.24, 2.45) is 41.4 Å². The van der Waals surface area contributed by atoms with Crippen LogP contribution in [0.5, 0.6) is 11.5 Å². The van der Waals surface area contributed by atoms with Crippen molar-refractivity contribution in [1.82, 2.24) is 0 Å². The number of carboxylic acid groups (broad SMARTS) is 1. The van der Waals surface area contributed by atoms with E-state index in [0.29, 0.717) is 23.7 Å². The van der Waals surface area contributed by atoms with Crippen LogP contribution in [0.1, 0.15) is 18.4 Å². The summed E-state index contributed by atoms with van der Waals surface area (Å²) in [6.45, 7) is 0.255. The van der Waals surface area contributed by atoms with Gasteiger partial charge in [0.05, 0.1) is 6.10 Å². The van der Waals surface area contributed by atoms with Crippen LogP contribution in [0.25, 0.3) is 5.57 Å². The molecule has 0 radical (unpaired) electrons. The maximum atomic E-state index is 11.3. The molecule has 1 heterocycles. The standard InChI is InChI=1S/C22H22O5/c23-17-7-13(10-1-4-18-19(5-10)27-9-26-18)11-2-3-12-14(8-20(24)25)15-6-16(17)22(11)21(12)15/h1-5,7,11-12,14-17,21-23H,6,8-9H2,(H,24,25). The van der Waals surface area contributed by atoms with Gasteiger partial charge in [0.25, 0.3) is 0 Å². The van der Waals surface area contributed by atoms with Crippen LogP contribution >= 0.6 is 0 Å². The SMILES string of the molecule is O=C(O)CC1C2C=CC3C(c4ccc5c(c4)OCO5)=CC(O)C4CC1C2C34. The molecule has 0 amide bonds. The van der Waals surface area contributed by atoms with E-state index < -0.39 is 12.1 Å². The summed E-state index contributed by atoms with van der Waals surface area (Å²) in [6, 6.07) is 6.00. The van der Waals surface area contributed by atoms with Gasteiger partial charge in [0.1, 0.15) is 0 Å². The Kier molecular flexibility index (Phi) is 3.14. The Balaban J connectivity index is 1.38. The molecule has 0 bridgehead atoms. The van der Waals surface area contributed by atoms with Crippen molar-refractivity contribution in [2.45, 2.75) is 18.9 Å². The average Bonchev–Trinajstić information content (AvgIpc) is 3.26. The summed E-state index contributed by atoms with van der Waals surface area (Å²) in [5.74, 6) is 3.32. The number of fused-ring (bicyclic) bond motifs is 1. The van der Waals surface area contributed by atoms with Crippen molar-refractivity contribution >= 4 is 11.5 Å². The molecule has 5 nitrogen and oxygen atoms in total. The molecule has 8 unspecified atom stereocenters. The fraction of sp³-hybridized carbons (Fsp3) is 0.500. The Hall–Kier alpha value is -2.27. The van der Waals surface area contributed by atoms with Gasteiger partial charge in [-0.15, -0.1) is 0 Å². The molecule has 1 aromatic carbocycles. The maximum Gasteiger partial charge on any atom is 0.303 e. The lowest BCUT2D eigenvalue weighted by molar-refractivity contribution is -0.142. The van der Waals surface area contributed by atoms with Crippen LogP contribution in [-0.2, 0) is 4.79 Å². The predicted molar refractivity (Wildman–Crippen MR) is 97.0 cm³/mol. The van der Waals surface area contributed by atoms with Crippen LogP contribution in [0.2, 0.25) is 0 Å². The molecule has 4 aliphatic carbocycles. The van der Waals surface area contributed by atoms with E-state index in [1.807, 2.05) is 24.3 Å². The smallest absolute Gasteiger partial charge is 0.303 e. The zero-order chi connectivity index (χ0) is 18.3. The molecule has 27 heavy (non-hydrogen) atoms. The largest absolute Gasteiger partial charge is 0.481 e. The van der Waals surface area contributed by atoms with Gasteiger partial charge in [-0.3, -0.25) is 4.79 Å². The molecule has 0 saturated heterocycles. The second-order valence-corrected chi connectivity index (χ2v) is 8.65. The van der Waals surface area contributed by atoms with Crippen molar-refractivity contribution in [3.8, 4) is 11.5 Å². The number of carboxylic acids is 1. The quantitative estimate of drug-likeness (QED) is 0.805. The molecule has 2 saturated carbocycles. The monoisotopic (exact) mass is 366 g/mol. The zero-order valence-corrected chi connectivity index (χ0v) is 14.8. The first kappa shape index (κ1) is 15.8. The lowest BCUT2D eigenvalue weighted by Gasteiger charge is -2.54. The van der Waals surface area contributed by atoms with Gasteiger partial charge < -0.3 is 19.7 Å². The molecule has 2 fully saturated rings. The first-order valence-electron chi connectivity index (χ1n) is 9.82. The molecule has 1 aliphatic heterocycles. The molecule has 2 N–H and O–H groups in total. The molecular weight excluding hydrogens is 344 g/mol. The summed E-state index contributed by atoms with van der Waals surface area (Å²) in [5, 5.41) is 20.2. The Morgan fingerprint density at radius 2 is 1.96 bits per heavy atom. The van der Waals surface area contributed by atoms with Crippen LogP contribution in [0.3, 0.4) is 0 Å². The van der Waals surface area contributed by atoms with Crippen molar-refractivity contribution < 1.29 is 24.5 Å². The Labute approximate surface area is 157 Å². The molecule has 5 heteroatoms. The third-order valence-electron chi connectivity index (χ3n) is 7.69. The summed E-state index contributed by atoms with van der Waals surface area (Å²) >= 11 is 0. The summed E-state index contributed by atoms with van der Waals surface area (Å²) in [6.07, 6.45) is 7.29. The lowest BCUT2D eigenvalue weighted by Crippen LogP contribution is -2.50. The fourth-order valence-corrected chi connectivity index (χ4v) is 6.73. The highest BCUT2D eigenvalue weighted by Crippen LogP contribution is 2.68. The van der Waals surface area contributed by atoms with Gasteiger partial charge >= 0.3 is 5.97 Å². The summed E-state index contributed by atoms with van der Waals surface area (Å²) in [5.41, 5.74) is 2.24. The molecule has 5 aliphatic rings. The van der Waals surface area contributed by atoms with Crippen LogP contribution < -0.4 is 9.47 Å². The van der Waals surface area contributed by atoms with Crippen LogP contribution in [-0.4, -0.2) is 29.1 Å². The highest BCUT2D eigenvalue weighted by atomic mass is 16.7. The number of benzene rings is 1. The highest BCUT2D eigenvalue weighted by molar-refractivity contribution is 5.74. The summed E-state index contributed by atoms with van der Waals surface area (Å²) in [4.78, 5) is 11.3. The van der Waals surface area contributed by atoms with Crippen LogP contribution in [0.4, 0.5) is 0 Å². The average molecular weight is 366 g/mol. The predicted octanol–water partition coefficient (Wildman–Crippen LogP) is 2.95. The number of aliphatic hydroxyl groups is 1. The van der Waals surface area contributed by atoms with Crippen molar-refractivity contribution in [1.29, 1.82) is 0 Å². The summed E-state index contributed by atoms with van der Waals surface area (Å²) < 4.78 is 11.0. The molecule has 6 rings (SSSR count). The molecule has 140 valence electrons. The Bertz CT molecular complexity index is 887. The van der Waals surface area contributed by atoms with Gasteiger partial charge in [-0.1, -0.05) is 24.3 Å². The Morgan fingerprint density at radius 1 is 1.11 bits per heavy atom. The number of allylic oxidation sites excluding steroid dienone is 3. The second kappa shape index (κ2) is 5.38. The zero-order valence-electron chi connectivity index (χ0n) is 14.8. The number of aliphatic carboxylic acids is 1. The maximum absolute atomic E-state index is 11.3. The van der Waals surface area contributed by atoms with Gasteiger partial charge in [-0.2, -0.15) is 0 Å². The minimum Gasteiger partial charge on any atom is -0.481 e. The molecule has 0 aromatic heterocycles. The van der Waals surface area contributed by atoms with Gasteiger partial charge in [0, 0.05) is 12.3 Å². The normalized spacial score (nSPS) is 42.3. The van der Waals surface area contributed by atoms with Crippen molar-refractivity contribution in [2.75, 3.05) is 6.79 Å². The number of carbonyl (C=O) groups is 1. The Morgan fingerprint density at radius 3 is 2.81 bits per heavy atom. The molecule has 0 spiro atoms. The van der Waals surface area contributed by atoms with Gasteiger partial charge in [-0.05, 0) is 65.2 Å². The van der Waals surface area contributed by atoms with Crippen molar-refractivity contribution in [3.05, 3.63) is 42.0 Å². The van der Waals surface area contributed by atoms with Crippen LogP contribution in [0.15, 0.2) is 36.4 Å². The molecule has 1 aromatic rings. The third-order valence-corrected chi connectivity index (χ3v) is 7.69. The van der Waals surface area contributed by atoms with E-state index in [1.165, 1.54) is 5.57 Å². The number of ether oxygens (including phenoxy) is 2. The number of aliphatic hydroxyl groups excluding tert-OH is 1. The first-order valence-corrected chi connectivity index (χ1v) is 9.82. The minimum atomic E-state index is -0.705. The van der Waals surface area contributed by atoms with E-state index in [-0.39, 0.29) is 31.0 Å². The first-order chi connectivity index (χ1) is 13.1.